The third-order valence-electron chi connectivity index (χ3n) is 4.43. The summed E-state index contributed by atoms with van der Waals surface area (Å²) in [4.78, 5) is 12.3. The zero-order chi connectivity index (χ0) is 20.6. The molecule has 2 aromatic carbocycles. The van der Waals surface area contributed by atoms with Gasteiger partial charge in [0.2, 0.25) is 0 Å². The van der Waals surface area contributed by atoms with Crippen molar-refractivity contribution in [3.63, 3.8) is 0 Å². The molecule has 29 heavy (non-hydrogen) atoms. The lowest BCUT2D eigenvalue weighted by atomic mass is 10.0. The summed E-state index contributed by atoms with van der Waals surface area (Å²) in [6.45, 7) is 7.05. The van der Waals surface area contributed by atoms with E-state index in [9.17, 15) is 4.79 Å². The summed E-state index contributed by atoms with van der Waals surface area (Å²) in [5, 5.41) is 11.0. The Hall–Kier alpha value is -3.41. The molecule has 2 N–H and O–H groups in total. The molecule has 0 radical (unpaired) electrons. The lowest BCUT2D eigenvalue weighted by Crippen LogP contribution is -2.18. The number of hydrogen-bond acceptors (Lipinski definition) is 4. The molecule has 0 saturated carbocycles. The molecule has 1 aromatic heterocycles. The molecule has 3 aromatic rings. The predicted octanol–water partition coefficient (Wildman–Crippen LogP) is 4.75. The second kappa shape index (κ2) is 9.68. The summed E-state index contributed by atoms with van der Waals surface area (Å²) in [6.07, 6.45) is 2.58. The normalized spacial score (nSPS) is 11.2. The number of carbonyl (C=O) groups excluding carboxylic acids is 1. The molecule has 1 heterocycles. The Morgan fingerprint density at radius 3 is 2.55 bits per heavy atom. The van der Waals surface area contributed by atoms with E-state index >= 15 is 0 Å². The maximum absolute atomic E-state index is 12.3. The quantitative estimate of drug-likeness (QED) is 0.430. The third kappa shape index (κ3) is 5.54. The average molecular weight is 390 g/mol. The Kier molecular flexibility index (Phi) is 6.79. The number of hydrazone groups is 1. The van der Waals surface area contributed by atoms with Gasteiger partial charge in [-0.3, -0.25) is 9.89 Å². The van der Waals surface area contributed by atoms with Gasteiger partial charge < -0.3 is 4.74 Å². The lowest BCUT2D eigenvalue weighted by molar-refractivity contribution is 0.0950. The van der Waals surface area contributed by atoms with Gasteiger partial charge in [-0.25, -0.2) is 5.43 Å². The number of ether oxygens (including phenoxy) is 1. The van der Waals surface area contributed by atoms with Gasteiger partial charge in [0.25, 0.3) is 5.91 Å². The van der Waals surface area contributed by atoms with Gasteiger partial charge in [-0.2, -0.15) is 10.2 Å². The maximum Gasteiger partial charge on any atom is 0.289 e. The van der Waals surface area contributed by atoms with Gasteiger partial charge in [-0.1, -0.05) is 45.0 Å². The molecule has 0 spiro atoms. The molecule has 0 aliphatic rings. The zero-order valence-corrected chi connectivity index (χ0v) is 17.0. The minimum absolute atomic E-state index is 0.346. The molecular weight excluding hydrogens is 364 g/mol. The first-order valence-electron chi connectivity index (χ1n) is 9.79. The van der Waals surface area contributed by atoms with Gasteiger partial charge in [0.15, 0.2) is 0 Å². The van der Waals surface area contributed by atoms with Crippen molar-refractivity contribution in [2.24, 2.45) is 5.10 Å². The van der Waals surface area contributed by atoms with E-state index in [2.05, 4.69) is 53.6 Å². The Balaban J connectivity index is 1.58. The average Bonchev–Trinajstić information content (AvgIpc) is 3.23. The summed E-state index contributed by atoms with van der Waals surface area (Å²) in [5.74, 6) is 0.955. The molecule has 1 amide bonds. The van der Waals surface area contributed by atoms with E-state index in [1.54, 1.807) is 12.3 Å². The molecule has 6 nitrogen and oxygen atoms in total. The number of hydrogen-bond donors (Lipinski definition) is 2. The van der Waals surface area contributed by atoms with Crippen LogP contribution in [-0.4, -0.2) is 28.9 Å². The summed E-state index contributed by atoms with van der Waals surface area (Å²) in [5.41, 5.74) is 6.64. The Labute approximate surface area is 171 Å². The monoisotopic (exact) mass is 390 g/mol. The van der Waals surface area contributed by atoms with Crippen LogP contribution in [0.25, 0.3) is 11.3 Å². The van der Waals surface area contributed by atoms with Crippen LogP contribution < -0.4 is 10.2 Å². The van der Waals surface area contributed by atoms with Crippen LogP contribution in [0.5, 0.6) is 5.75 Å². The molecule has 0 aliphatic carbocycles. The van der Waals surface area contributed by atoms with E-state index in [-0.39, 0.29) is 5.91 Å². The molecule has 0 aliphatic heterocycles. The van der Waals surface area contributed by atoms with Crippen molar-refractivity contribution < 1.29 is 9.53 Å². The first kappa shape index (κ1) is 20.3. The van der Waals surface area contributed by atoms with E-state index in [1.807, 2.05) is 36.4 Å². The van der Waals surface area contributed by atoms with Gasteiger partial charge in [0.05, 0.1) is 18.5 Å². The second-order valence-electron chi connectivity index (χ2n) is 7.06. The molecule has 0 atom stereocenters. The number of amides is 1. The molecule has 150 valence electrons. The van der Waals surface area contributed by atoms with E-state index in [0.717, 1.165) is 23.3 Å². The van der Waals surface area contributed by atoms with Crippen LogP contribution in [0.2, 0.25) is 0 Å². The van der Waals surface area contributed by atoms with Crippen LogP contribution >= 0.6 is 0 Å². The highest BCUT2D eigenvalue weighted by atomic mass is 16.5. The summed E-state index contributed by atoms with van der Waals surface area (Å²) in [7, 11) is 0. The lowest BCUT2D eigenvalue weighted by Gasteiger charge is -2.04. The smallest absolute Gasteiger partial charge is 0.289 e. The summed E-state index contributed by atoms with van der Waals surface area (Å²) >= 11 is 0. The number of benzene rings is 2. The van der Waals surface area contributed by atoms with Crippen LogP contribution in [0.4, 0.5) is 0 Å². The summed E-state index contributed by atoms with van der Waals surface area (Å²) < 4.78 is 5.58. The minimum atomic E-state index is -0.346. The van der Waals surface area contributed by atoms with Crippen LogP contribution in [0, 0.1) is 0 Å². The predicted molar refractivity (Wildman–Crippen MR) is 115 cm³/mol. The van der Waals surface area contributed by atoms with Gasteiger partial charge >= 0.3 is 0 Å². The maximum atomic E-state index is 12.3. The van der Waals surface area contributed by atoms with Crippen LogP contribution in [0.3, 0.4) is 0 Å². The number of aromatic amines is 1. The van der Waals surface area contributed by atoms with Crippen molar-refractivity contribution in [2.45, 2.75) is 33.1 Å². The standard InChI is InChI=1S/C23H26N4O2/c1-4-13-29-20-11-9-19(10-12-20)21-14-22(26-25-21)23(28)27-24-15-17-5-7-18(8-6-17)16(2)3/h5-12,14-16H,4,13H2,1-3H3,(H,25,26)(H,27,28)/b24-15+. The van der Waals surface area contributed by atoms with Crippen LogP contribution in [0.1, 0.15) is 54.7 Å². The van der Waals surface area contributed by atoms with Gasteiger partial charge in [-0.15, -0.1) is 0 Å². The molecule has 0 unspecified atom stereocenters. The van der Waals surface area contributed by atoms with E-state index in [1.165, 1.54) is 5.56 Å². The minimum Gasteiger partial charge on any atom is -0.494 e. The van der Waals surface area contributed by atoms with Crippen molar-refractivity contribution >= 4 is 12.1 Å². The highest BCUT2D eigenvalue weighted by molar-refractivity contribution is 5.94. The fraction of sp³-hybridized carbons (Fsp3) is 0.261. The van der Waals surface area contributed by atoms with Crippen molar-refractivity contribution in [1.82, 2.24) is 15.6 Å². The van der Waals surface area contributed by atoms with E-state index < -0.39 is 0 Å². The number of nitrogens with zero attached hydrogens (tertiary/aromatic N) is 2. The highest BCUT2D eigenvalue weighted by Gasteiger charge is 2.10. The molecule has 6 heteroatoms. The Morgan fingerprint density at radius 1 is 1.17 bits per heavy atom. The molecule has 0 fully saturated rings. The molecule has 3 rings (SSSR count). The second-order valence-corrected chi connectivity index (χ2v) is 7.06. The highest BCUT2D eigenvalue weighted by Crippen LogP contribution is 2.21. The van der Waals surface area contributed by atoms with E-state index in [0.29, 0.717) is 23.9 Å². The Morgan fingerprint density at radius 2 is 1.90 bits per heavy atom. The van der Waals surface area contributed by atoms with Crippen molar-refractivity contribution in [2.75, 3.05) is 6.61 Å². The van der Waals surface area contributed by atoms with Crippen molar-refractivity contribution in [1.29, 1.82) is 0 Å². The number of nitrogens with one attached hydrogen (secondary N) is 2. The molecule has 0 saturated heterocycles. The summed E-state index contributed by atoms with van der Waals surface area (Å²) in [6, 6.07) is 17.4. The molecular formula is C23H26N4O2. The number of aromatic nitrogens is 2. The first-order valence-corrected chi connectivity index (χ1v) is 9.79. The van der Waals surface area contributed by atoms with Crippen LogP contribution in [0.15, 0.2) is 59.7 Å². The fourth-order valence-electron chi connectivity index (χ4n) is 2.72. The first-order chi connectivity index (χ1) is 14.1. The number of rotatable bonds is 8. The topological polar surface area (TPSA) is 79.4 Å². The fourth-order valence-corrected chi connectivity index (χ4v) is 2.72. The molecule has 0 bridgehead atoms. The third-order valence-corrected chi connectivity index (χ3v) is 4.43. The number of H-pyrrole nitrogens is 1. The zero-order valence-electron chi connectivity index (χ0n) is 17.0. The van der Waals surface area contributed by atoms with Crippen molar-refractivity contribution in [3.8, 4) is 17.0 Å². The van der Waals surface area contributed by atoms with Crippen molar-refractivity contribution in [3.05, 3.63) is 71.4 Å². The van der Waals surface area contributed by atoms with Gasteiger partial charge in [0, 0.05) is 5.56 Å². The van der Waals surface area contributed by atoms with E-state index in [4.69, 9.17) is 4.74 Å². The van der Waals surface area contributed by atoms with Crippen LogP contribution in [-0.2, 0) is 0 Å². The number of carbonyl (C=O) groups is 1. The largest absolute Gasteiger partial charge is 0.494 e. The van der Waals surface area contributed by atoms with Gasteiger partial charge in [-0.05, 0) is 53.8 Å². The Bertz CT molecular complexity index is 957. The SMILES string of the molecule is CCCOc1ccc(-c2cc(C(=O)N/N=C/c3ccc(C(C)C)cc3)[nH]n2)cc1. The van der Waals surface area contributed by atoms with Gasteiger partial charge in [0.1, 0.15) is 11.4 Å².